The minimum atomic E-state index is -0.469. The molecular weight excluding hydrogens is 227 g/mol. The van der Waals surface area contributed by atoms with Crippen molar-refractivity contribution in [2.75, 3.05) is 0 Å². The van der Waals surface area contributed by atoms with E-state index < -0.39 is 5.82 Å². The number of rotatable bonds is 4. The summed E-state index contributed by atoms with van der Waals surface area (Å²) in [6.07, 6.45) is 1.95. The minimum absolute atomic E-state index is 0.131. The Labute approximate surface area is 106 Å². The Balaban J connectivity index is 2.34. The maximum absolute atomic E-state index is 13.6. The molecule has 0 fully saturated rings. The molecule has 0 aromatic heterocycles. The highest BCUT2D eigenvalue weighted by atomic mass is 19.1. The fraction of sp³-hybridized carbons (Fsp3) is 0.188. The molecule has 0 aliphatic carbocycles. The molecular formula is C16H15FO. The van der Waals surface area contributed by atoms with Crippen LogP contribution in [-0.4, -0.2) is 5.78 Å². The van der Waals surface area contributed by atoms with Gasteiger partial charge in [0.2, 0.25) is 0 Å². The molecule has 0 N–H and O–H groups in total. The van der Waals surface area contributed by atoms with Gasteiger partial charge in [0, 0.05) is 5.56 Å². The molecule has 18 heavy (non-hydrogen) atoms. The highest BCUT2D eigenvalue weighted by Gasteiger charge is 2.13. The van der Waals surface area contributed by atoms with Gasteiger partial charge >= 0.3 is 0 Å². The first kappa shape index (κ1) is 12.5. The number of carbonyl (C=O) groups excluding carboxylic acids is 1. The van der Waals surface area contributed by atoms with Gasteiger partial charge in [-0.3, -0.25) is 4.79 Å². The van der Waals surface area contributed by atoms with E-state index in [1.54, 1.807) is 18.2 Å². The summed E-state index contributed by atoms with van der Waals surface area (Å²) in [5, 5.41) is 0. The van der Waals surface area contributed by atoms with Crippen LogP contribution in [0.2, 0.25) is 0 Å². The van der Waals surface area contributed by atoms with Crippen molar-refractivity contribution in [3.8, 4) is 0 Å². The molecule has 0 amide bonds. The molecule has 0 saturated heterocycles. The van der Waals surface area contributed by atoms with Crippen molar-refractivity contribution in [3.63, 3.8) is 0 Å². The van der Waals surface area contributed by atoms with Crippen molar-refractivity contribution in [3.05, 3.63) is 71.0 Å². The zero-order valence-electron chi connectivity index (χ0n) is 10.3. The predicted octanol–water partition coefficient (Wildman–Crippen LogP) is 4.01. The number of benzene rings is 2. The van der Waals surface area contributed by atoms with Crippen LogP contribution in [0.5, 0.6) is 0 Å². The SMILES string of the molecule is CCCc1cccc(C(=O)c2ccccc2F)c1. The van der Waals surface area contributed by atoms with Gasteiger partial charge in [0.1, 0.15) is 5.82 Å². The summed E-state index contributed by atoms with van der Waals surface area (Å²) < 4.78 is 13.6. The smallest absolute Gasteiger partial charge is 0.195 e. The van der Waals surface area contributed by atoms with Gasteiger partial charge in [0.25, 0.3) is 0 Å². The highest BCUT2D eigenvalue weighted by Crippen LogP contribution is 2.15. The minimum Gasteiger partial charge on any atom is -0.288 e. The van der Waals surface area contributed by atoms with Crippen LogP contribution in [0.3, 0.4) is 0 Å². The fourth-order valence-electron chi connectivity index (χ4n) is 1.96. The summed E-state index contributed by atoms with van der Waals surface area (Å²) in [7, 11) is 0. The fourth-order valence-corrected chi connectivity index (χ4v) is 1.96. The van der Waals surface area contributed by atoms with E-state index in [0.717, 1.165) is 18.4 Å². The second-order valence-electron chi connectivity index (χ2n) is 4.26. The van der Waals surface area contributed by atoms with Gasteiger partial charge < -0.3 is 0 Å². The molecule has 2 aromatic rings. The second kappa shape index (κ2) is 5.58. The average Bonchev–Trinajstić information content (AvgIpc) is 2.39. The molecule has 0 saturated carbocycles. The lowest BCUT2D eigenvalue weighted by molar-refractivity contribution is 0.103. The number of halogens is 1. The van der Waals surface area contributed by atoms with Crippen molar-refractivity contribution in [2.24, 2.45) is 0 Å². The van der Waals surface area contributed by atoms with Crippen LogP contribution in [0, 0.1) is 5.82 Å². The molecule has 2 rings (SSSR count). The number of hydrogen-bond acceptors (Lipinski definition) is 1. The molecule has 1 nitrogen and oxygen atoms in total. The van der Waals surface area contributed by atoms with Crippen molar-refractivity contribution in [1.82, 2.24) is 0 Å². The topological polar surface area (TPSA) is 17.1 Å². The zero-order valence-corrected chi connectivity index (χ0v) is 10.3. The molecule has 0 unspecified atom stereocenters. The van der Waals surface area contributed by atoms with Gasteiger partial charge in [-0.25, -0.2) is 4.39 Å². The molecule has 0 aliphatic heterocycles. The first-order chi connectivity index (χ1) is 8.72. The lowest BCUT2D eigenvalue weighted by Gasteiger charge is -2.05. The maximum atomic E-state index is 13.6. The first-order valence-corrected chi connectivity index (χ1v) is 6.10. The van der Waals surface area contributed by atoms with Crippen LogP contribution >= 0.6 is 0 Å². The standard InChI is InChI=1S/C16H15FO/c1-2-6-12-7-5-8-13(11-12)16(18)14-9-3-4-10-15(14)17/h3-5,7-11H,2,6H2,1H3. The van der Waals surface area contributed by atoms with Crippen LogP contribution < -0.4 is 0 Å². The van der Waals surface area contributed by atoms with Crippen LogP contribution in [0.15, 0.2) is 48.5 Å². The highest BCUT2D eigenvalue weighted by molar-refractivity contribution is 6.09. The Morgan fingerprint density at radius 3 is 2.61 bits per heavy atom. The Bertz CT molecular complexity index is 561. The van der Waals surface area contributed by atoms with Crippen molar-refractivity contribution >= 4 is 5.78 Å². The van der Waals surface area contributed by atoms with Crippen LogP contribution in [0.1, 0.15) is 34.8 Å². The molecule has 0 aliphatic rings. The van der Waals surface area contributed by atoms with E-state index >= 15 is 0 Å². The number of aryl methyl sites for hydroxylation is 1. The van der Waals surface area contributed by atoms with Gasteiger partial charge in [-0.15, -0.1) is 0 Å². The quantitative estimate of drug-likeness (QED) is 0.740. The Morgan fingerprint density at radius 1 is 1.11 bits per heavy atom. The largest absolute Gasteiger partial charge is 0.288 e. The molecule has 0 bridgehead atoms. The third-order valence-electron chi connectivity index (χ3n) is 2.85. The Kier molecular flexibility index (Phi) is 3.88. The number of carbonyl (C=O) groups is 1. The number of hydrogen-bond donors (Lipinski definition) is 0. The molecule has 0 radical (unpaired) electrons. The summed E-state index contributed by atoms with van der Waals surface area (Å²) in [5.74, 6) is -0.727. The summed E-state index contributed by atoms with van der Waals surface area (Å²) in [4.78, 5) is 12.2. The van der Waals surface area contributed by atoms with E-state index in [1.807, 2.05) is 18.2 Å². The lowest BCUT2D eigenvalue weighted by Crippen LogP contribution is -2.04. The molecule has 92 valence electrons. The summed E-state index contributed by atoms with van der Waals surface area (Å²) in [5.41, 5.74) is 1.79. The van der Waals surface area contributed by atoms with E-state index in [1.165, 1.54) is 12.1 Å². The van der Waals surface area contributed by atoms with E-state index in [2.05, 4.69) is 6.92 Å². The van der Waals surface area contributed by atoms with Gasteiger partial charge in [0.15, 0.2) is 5.78 Å². The van der Waals surface area contributed by atoms with Crippen molar-refractivity contribution in [1.29, 1.82) is 0 Å². The maximum Gasteiger partial charge on any atom is 0.195 e. The molecule has 0 heterocycles. The zero-order chi connectivity index (χ0) is 13.0. The first-order valence-electron chi connectivity index (χ1n) is 6.10. The normalized spacial score (nSPS) is 10.3. The van der Waals surface area contributed by atoms with Crippen molar-refractivity contribution < 1.29 is 9.18 Å². The van der Waals surface area contributed by atoms with Crippen molar-refractivity contribution in [2.45, 2.75) is 19.8 Å². The lowest BCUT2D eigenvalue weighted by atomic mass is 9.99. The van der Waals surface area contributed by atoms with E-state index in [4.69, 9.17) is 0 Å². The van der Waals surface area contributed by atoms with Gasteiger partial charge in [-0.1, -0.05) is 43.7 Å². The monoisotopic (exact) mass is 242 g/mol. The summed E-state index contributed by atoms with van der Waals surface area (Å²) in [6, 6.07) is 13.5. The molecule has 0 spiro atoms. The third-order valence-corrected chi connectivity index (χ3v) is 2.85. The average molecular weight is 242 g/mol. The number of ketones is 1. The molecule has 2 heteroatoms. The van der Waals surface area contributed by atoms with Crippen LogP contribution in [-0.2, 0) is 6.42 Å². The van der Waals surface area contributed by atoms with E-state index in [-0.39, 0.29) is 11.3 Å². The summed E-state index contributed by atoms with van der Waals surface area (Å²) >= 11 is 0. The van der Waals surface area contributed by atoms with Crippen LogP contribution in [0.4, 0.5) is 4.39 Å². The van der Waals surface area contributed by atoms with E-state index in [0.29, 0.717) is 5.56 Å². The van der Waals surface area contributed by atoms with E-state index in [9.17, 15) is 9.18 Å². The molecule has 2 aromatic carbocycles. The predicted molar refractivity (Wildman–Crippen MR) is 70.3 cm³/mol. The van der Waals surface area contributed by atoms with Crippen LogP contribution in [0.25, 0.3) is 0 Å². The molecule has 0 atom stereocenters. The second-order valence-corrected chi connectivity index (χ2v) is 4.26. The van der Waals surface area contributed by atoms with Gasteiger partial charge in [-0.05, 0) is 30.2 Å². The summed E-state index contributed by atoms with van der Waals surface area (Å²) in [6.45, 7) is 2.09. The Hall–Kier alpha value is -1.96. The van der Waals surface area contributed by atoms with Gasteiger partial charge in [0.05, 0.1) is 5.56 Å². The Morgan fingerprint density at radius 2 is 1.89 bits per heavy atom. The van der Waals surface area contributed by atoms with Gasteiger partial charge in [-0.2, -0.15) is 0 Å². The third kappa shape index (κ3) is 2.65.